The first-order valence-corrected chi connectivity index (χ1v) is 7.74. The van der Waals surface area contributed by atoms with E-state index in [4.69, 9.17) is 4.74 Å². The molecule has 6 heteroatoms. The van der Waals surface area contributed by atoms with Gasteiger partial charge in [0.2, 0.25) is 0 Å². The van der Waals surface area contributed by atoms with Gasteiger partial charge < -0.3 is 15.4 Å². The van der Waals surface area contributed by atoms with Gasteiger partial charge in [-0.25, -0.2) is 13.6 Å². The second-order valence-electron chi connectivity index (χ2n) is 5.99. The van der Waals surface area contributed by atoms with E-state index in [1.807, 2.05) is 0 Å². The lowest BCUT2D eigenvalue weighted by atomic mass is 10.0. The van der Waals surface area contributed by atoms with Crippen molar-refractivity contribution in [1.29, 1.82) is 0 Å². The second-order valence-corrected chi connectivity index (χ2v) is 5.99. The van der Waals surface area contributed by atoms with Gasteiger partial charge in [0, 0.05) is 13.2 Å². The molecule has 1 aromatic rings. The fourth-order valence-electron chi connectivity index (χ4n) is 2.77. The van der Waals surface area contributed by atoms with Crippen LogP contribution in [0.1, 0.15) is 37.4 Å². The number of hydrogen-bond donors (Lipinski definition) is 2. The Morgan fingerprint density at radius 3 is 2.77 bits per heavy atom. The first-order chi connectivity index (χ1) is 10.6. The number of halogens is 2. The van der Waals surface area contributed by atoms with E-state index >= 15 is 0 Å². The number of carbonyl (C=O) groups is 1. The molecule has 1 heterocycles. The molecule has 0 radical (unpaired) electrons. The van der Waals surface area contributed by atoms with Crippen LogP contribution >= 0.6 is 0 Å². The smallest absolute Gasteiger partial charge is 0.315 e. The molecule has 120 valence electrons. The Labute approximate surface area is 128 Å². The summed E-state index contributed by atoms with van der Waals surface area (Å²) in [6.07, 6.45) is 3.75. The van der Waals surface area contributed by atoms with E-state index in [0.29, 0.717) is 25.1 Å². The summed E-state index contributed by atoms with van der Waals surface area (Å²) in [5.41, 5.74) is 0.541. The highest BCUT2D eigenvalue weighted by Gasteiger charge is 2.31. The fraction of sp³-hybridized carbons (Fsp3) is 0.562. The van der Waals surface area contributed by atoms with Gasteiger partial charge in [-0.1, -0.05) is 18.9 Å². The van der Waals surface area contributed by atoms with E-state index < -0.39 is 17.7 Å². The third-order valence-electron chi connectivity index (χ3n) is 4.22. The van der Waals surface area contributed by atoms with Crippen molar-refractivity contribution in [1.82, 2.24) is 10.6 Å². The lowest BCUT2D eigenvalue weighted by molar-refractivity contribution is 0.0995. The first kappa shape index (κ1) is 15.2. The van der Waals surface area contributed by atoms with E-state index in [9.17, 15) is 13.6 Å². The standard InChI is InChI=1S/C16H20F2N2O2/c17-12-4-3-11(9-13(12)18)15-14(6-8-22-15)20-16(21)19-7-5-10-1-2-10/h3-4,9-10,14-15H,1-2,5-8H2,(H2,19,20,21)/t14-,15+/m1/s1. The van der Waals surface area contributed by atoms with Crippen molar-refractivity contribution in [2.75, 3.05) is 13.2 Å². The highest BCUT2D eigenvalue weighted by Crippen LogP contribution is 2.32. The van der Waals surface area contributed by atoms with Crippen molar-refractivity contribution in [2.45, 2.75) is 37.8 Å². The maximum Gasteiger partial charge on any atom is 0.315 e. The molecule has 2 N–H and O–H groups in total. The Kier molecular flexibility index (Phi) is 4.57. The molecule has 2 amide bonds. The van der Waals surface area contributed by atoms with Gasteiger partial charge in [-0.05, 0) is 36.5 Å². The molecule has 1 saturated carbocycles. The molecular formula is C16H20F2N2O2. The van der Waals surface area contributed by atoms with Gasteiger partial charge in [-0.2, -0.15) is 0 Å². The summed E-state index contributed by atoms with van der Waals surface area (Å²) in [4.78, 5) is 11.9. The van der Waals surface area contributed by atoms with Crippen LogP contribution in [0.15, 0.2) is 18.2 Å². The minimum Gasteiger partial charge on any atom is -0.371 e. The third kappa shape index (κ3) is 3.74. The van der Waals surface area contributed by atoms with Crippen LogP contribution in [-0.4, -0.2) is 25.2 Å². The number of hydrogen-bond acceptors (Lipinski definition) is 2. The molecule has 0 aromatic heterocycles. The normalized spacial score (nSPS) is 24.3. The lowest BCUT2D eigenvalue weighted by Gasteiger charge is -2.20. The van der Waals surface area contributed by atoms with E-state index in [2.05, 4.69) is 10.6 Å². The zero-order chi connectivity index (χ0) is 15.5. The van der Waals surface area contributed by atoms with Gasteiger partial charge in [0.1, 0.15) is 6.10 Å². The van der Waals surface area contributed by atoms with Crippen LogP contribution in [0.4, 0.5) is 13.6 Å². The number of urea groups is 1. The van der Waals surface area contributed by atoms with Crippen molar-refractivity contribution in [2.24, 2.45) is 5.92 Å². The van der Waals surface area contributed by atoms with Crippen molar-refractivity contribution in [3.63, 3.8) is 0 Å². The number of amides is 2. The summed E-state index contributed by atoms with van der Waals surface area (Å²) in [6.45, 7) is 1.15. The Bertz CT molecular complexity index is 549. The number of ether oxygens (including phenoxy) is 1. The number of rotatable bonds is 5. The molecule has 0 bridgehead atoms. The Balaban J connectivity index is 1.55. The van der Waals surface area contributed by atoms with Crippen LogP contribution in [0, 0.1) is 17.6 Å². The predicted octanol–water partition coefficient (Wildman–Crippen LogP) is 2.89. The minimum atomic E-state index is -0.902. The van der Waals surface area contributed by atoms with Crippen LogP contribution in [-0.2, 0) is 4.74 Å². The summed E-state index contributed by atoms with van der Waals surface area (Å²) < 4.78 is 31.9. The third-order valence-corrected chi connectivity index (χ3v) is 4.22. The van der Waals surface area contributed by atoms with Crippen LogP contribution in [0.2, 0.25) is 0 Å². The van der Waals surface area contributed by atoms with Crippen molar-refractivity contribution < 1.29 is 18.3 Å². The average Bonchev–Trinajstić information content (AvgIpc) is 3.20. The highest BCUT2D eigenvalue weighted by molar-refractivity contribution is 5.74. The van der Waals surface area contributed by atoms with E-state index in [-0.39, 0.29) is 12.1 Å². The molecule has 1 aromatic carbocycles. The zero-order valence-corrected chi connectivity index (χ0v) is 12.3. The molecule has 1 saturated heterocycles. The summed E-state index contributed by atoms with van der Waals surface area (Å²) in [7, 11) is 0. The molecule has 22 heavy (non-hydrogen) atoms. The maximum absolute atomic E-state index is 13.3. The molecule has 2 atom stereocenters. The van der Waals surface area contributed by atoms with Crippen LogP contribution in [0.5, 0.6) is 0 Å². The Hall–Kier alpha value is -1.69. The largest absolute Gasteiger partial charge is 0.371 e. The Morgan fingerprint density at radius 2 is 2.05 bits per heavy atom. The molecule has 3 rings (SSSR count). The van der Waals surface area contributed by atoms with Gasteiger partial charge in [0.15, 0.2) is 11.6 Å². The van der Waals surface area contributed by atoms with Crippen molar-refractivity contribution in [3.05, 3.63) is 35.4 Å². The van der Waals surface area contributed by atoms with Gasteiger partial charge in [-0.15, -0.1) is 0 Å². The SMILES string of the molecule is O=C(NCCC1CC1)N[C@@H]1CCO[C@H]1c1ccc(F)c(F)c1. The van der Waals surface area contributed by atoms with Crippen molar-refractivity contribution in [3.8, 4) is 0 Å². The van der Waals surface area contributed by atoms with Crippen LogP contribution < -0.4 is 10.6 Å². The van der Waals surface area contributed by atoms with Gasteiger partial charge in [-0.3, -0.25) is 0 Å². The first-order valence-electron chi connectivity index (χ1n) is 7.74. The van der Waals surface area contributed by atoms with Crippen LogP contribution in [0.3, 0.4) is 0 Å². The van der Waals surface area contributed by atoms with E-state index in [1.165, 1.54) is 18.9 Å². The highest BCUT2D eigenvalue weighted by atomic mass is 19.2. The summed E-state index contributed by atoms with van der Waals surface area (Å²) in [5, 5.41) is 5.70. The number of carbonyl (C=O) groups excluding carboxylic acids is 1. The zero-order valence-electron chi connectivity index (χ0n) is 12.3. The number of benzene rings is 1. The molecule has 4 nitrogen and oxygen atoms in total. The predicted molar refractivity (Wildman–Crippen MR) is 77.3 cm³/mol. The molecule has 2 fully saturated rings. The van der Waals surface area contributed by atoms with E-state index in [1.54, 1.807) is 0 Å². The lowest BCUT2D eigenvalue weighted by Crippen LogP contribution is -2.43. The Morgan fingerprint density at radius 1 is 1.23 bits per heavy atom. The number of nitrogens with one attached hydrogen (secondary N) is 2. The van der Waals surface area contributed by atoms with Gasteiger partial charge in [0.05, 0.1) is 6.04 Å². The fourth-order valence-corrected chi connectivity index (χ4v) is 2.77. The summed E-state index contributed by atoms with van der Waals surface area (Å²) in [6, 6.07) is 3.24. The molecule has 1 aliphatic heterocycles. The van der Waals surface area contributed by atoms with Crippen LogP contribution in [0.25, 0.3) is 0 Å². The molecule has 2 aliphatic rings. The maximum atomic E-state index is 13.3. The second kappa shape index (κ2) is 6.60. The van der Waals surface area contributed by atoms with Crippen molar-refractivity contribution >= 4 is 6.03 Å². The van der Waals surface area contributed by atoms with E-state index in [0.717, 1.165) is 24.5 Å². The van der Waals surface area contributed by atoms with Gasteiger partial charge in [0.25, 0.3) is 0 Å². The molecule has 1 aliphatic carbocycles. The summed E-state index contributed by atoms with van der Waals surface area (Å²) in [5.74, 6) is -1.02. The minimum absolute atomic E-state index is 0.231. The molecular weight excluding hydrogens is 290 g/mol. The molecule has 0 spiro atoms. The molecule has 0 unspecified atom stereocenters. The topological polar surface area (TPSA) is 50.4 Å². The summed E-state index contributed by atoms with van der Waals surface area (Å²) >= 11 is 0. The monoisotopic (exact) mass is 310 g/mol. The van der Waals surface area contributed by atoms with Gasteiger partial charge >= 0.3 is 6.03 Å². The quantitative estimate of drug-likeness (QED) is 0.878. The average molecular weight is 310 g/mol.